The van der Waals surface area contributed by atoms with Crippen molar-refractivity contribution < 1.29 is 4.79 Å². The van der Waals surface area contributed by atoms with Crippen molar-refractivity contribution >= 4 is 29.4 Å². The molecule has 0 unspecified atom stereocenters. The lowest BCUT2D eigenvalue weighted by atomic mass is 9.99. The van der Waals surface area contributed by atoms with Crippen molar-refractivity contribution in [2.75, 3.05) is 10.6 Å². The highest BCUT2D eigenvalue weighted by molar-refractivity contribution is 5.77. The molecule has 0 saturated heterocycles. The van der Waals surface area contributed by atoms with Crippen LogP contribution in [0.5, 0.6) is 0 Å². The van der Waals surface area contributed by atoms with Gasteiger partial charge < -0.3 is 10.6 Å². The zero-order valence-electron chi connectivity index (χ0n) is 21.7. The maximum absolute atomic E-state index is 10.8. The highest BCUT2D eigenvalue weighted by Gasteiger charge is 2.07. The minimum absolute atomic E-state index is 0.622. The smallest absolute Gasteiger partial charge is 0.145 e. The molecule has 0 aromatic heterocycles. The van der Waals surface area contributed by atoms with Gasteiger partial charge in [-0.15, -0.1) is 0 Å². The fourth-order valence-electron chi connectivity index (χ4n) is 3.29. The molecule has 2 rings (SSSR count). The molecule has 0 saturated carbocycles. The van der Waals surface area contributed by atoms with Crippen molar-refractivity contribution in [1.29, 1.82) is 5.26 Å². The van der Waals surface area contributed by atoms with E-state index < -0.39 is 0 Å². The molecule has 35 heavy (non-hydrogen) atoms. The second-order valence-corrected chi connectivity index (χ2v) is 8.78. The van der Waals surface area contributed by atoms with E-state index in [4.69, 9.17) is 5.26 Å². The molecule has 0 aliphatic carbocycles. The van der Waals surface area contributed by atoms with Gasteiger partial charge in [0.1, 0.15) is 12.1 Å². The summed E-state index contributed by atoms with van der Waals surface area (Å²) in [4.78, 5) is 15.4. The van der Waals surface area contributed by atoms with Gasteiger partial charge >= 0.3 is 0 Å². The molecule has 0 aliphatic rings. The Balaban J connectivity index is 2.16. The number of carbonyl (C=O) groups is 1. The third-order valence-electron chi connectivity index (χ3n) is 5.37. The summed E-state index contributed by atoms with van der Waals surface area (Å²) in [6.45, 7) is 14.0. The number of aldehydes is 1. The van der Waals surface area contributed by atoms with Crippen molar-refractivity contribution in [3.8, 4) is 6.07 Å². The molecule has 2 N–H and O–H groups in total. The van der Waals surface area contributed by atoms with E-state index in [1.165, 1.54) is 0 Å². The zero-order valence-corrected chi connectivity index (χ0v) is 21.7. The van der Waals surface area contributed by atoms with Crippen molar-refractivity contribution in [2.24, 2.45) is 4.99 Å². The van der Waals surface area contributed by atoms with E-state index in [1.54, 1.807) is 25.3 Å². The Labute approximate surface area is 209 Å². The molecular weight excluding hydrogens is 432 g/mol. The first-order chi connectivity index (χ1) is 16.6. The monoisotopic (exact) mass is 466 g/mol. The summed E-state index contributed by atoms with van der Waals surface area (Å²) < 4.78 is 0. The number of rotatable bonds is 9. The molecular formula is C30H34N4O. The predicted octanol–water partition coefficient (Wildman–Crippen LogP) is 7.47. The number of nitriles is 1. The Kier molecular flexibility index (Phi) is 9.98. The first-order valence-electron chi connectivity index (χ1n) is 11.5. The van der Waals surface area contributed by atoms with Gasteiger partial charge in [-0.1, -0.05) is 12.2 Å². The van der Waals surface area contributed by atoms with Gasteiger partial charge in [-0.25, -0.2) is 4.99 Å². The van der Waals surface area contributed by atoms with Gasteiger partial charge in [0.15, 0.2) is 0 Å². The molecule has 5 nitrogen and oxygen atoms in total. The van der Waals surface area contributed by atoms with Crippen molar-refractivity contribution in [2.45, 2.75) is 48.5 Å². The third kappa shape index (κ3) is 8.28. The van der Waals surface area contributed by atoms with Gasteiger partial charge in [-0.05, 0) is 124 Å². The fourth-order valence-corrected chi connectivity index (χ4v) is 3.29. The summed E-state index contributed by atoms with van der Waals surface area (Å²) in [5.41, 5.74) is 9.80. The second-order valence-electron chi connectivity index (χ2n) is 8.78. The van der Waals surface area contributed by atoms with E-state index >= 15 is 0 Å². The van der Waals surface area contributed by atoms with Crippen LogP contribution in [0.25, 0.3) is 5.57 Å². The van der Waals surface area contributed by atoms with Crippen LogP contribution < -0.4 is 10.6 Å². The maximum Gasteiger partial charge on any atom is 0.145 e. The number of hydrogen-bond donors (Lipinski definition) is 2. The minimum atomic E-state index is 0.622. The molecule has 0 atom stereocenters. The zero-order chi connectivity index (χ0) is 26.0. The first kappa shape index (κ1) is 27.1. The van der Waals surface area contributed by atoms with Gasteiger partial charge in [-0.3, -0.25) is 4.79 Å². The highest BCUT2D eigenvalue weighted by Crippen LogP contribution is 2.27. The topological polar surface area (TPSA) is 77.3 Å². The van der Waals surface area contributed by atoms with E-state index in [0.717, 1.165) is 57.0 Å². The summed E-state index contributed by atoms with van der Waals surface area (Å²) in [6.07, 6.45) is 8.38. The molecule has 5 heteroatoms. The van der Waals surface area contributed by atoms with E-state index in [-0.39, 0.29) is 0 Å². The van der Waals surface area contributed by atoms with Gasteiger partial charge in [0.2, 0.25) is 0 Å². The van der Waals surface area contributed by atoms with Crippen LogP contribution in [0.1, 0.15) is 56.9 Å². The molecule has 2 aromatic carbocycles. The largest absolute Gasteiger partial charge is 0.359 e. The molecule has 0 spiro atoms. The minimum Gasteiger partial charge on any atom is -0.359 e. The number of anilines is 2. The van der Waals surface area contributed by atoms with E-state index in [9.17, 15) is 4.79 Å². The molecule has 0 radical (unpaired) electrons. The first-order valence-corrected chi connectivity index (χ1v) is 11.5. The lowest BCUT2D eigenvalue weighted by Crippen LogP contribution is -2.02. The number of aryl methyl sites for hydroxylation is 2. The van der Waals surface area contributed by atoms with Crippen molar-refractivity contribution in [3.63, 3.8) is 0 Å². The number of aliphatic imine (C=N–C) groups is 1. The van der Waals surface area contributed by atoms with Gasteiger partial charge in [-0.2, -0.15) is 5.26 Å². The molecule has 0 heterocycles. The number of allylic oxidation sites excluding steroid dienone is 7. The van der Waals surface area contributed by atoms with Crippen molar-refractivity contribution in [3.05, 3.63) is 99.5 Å². The van der Waals surface area contributed by atoms with Crippen LogP contribution >= 0.6 is 0 Å². The SMILES string of the molecule is CC(C)=C(/N=C\C=C(/C)Nc1c(C)cc(/C(C)=C/C=C(\C)C=O)cc1C)Nc1ccc(C#N)cc1. The lowest BCUT2D eigenvalue weighted by molar-refractivity contribution is -0.104. The summed E-state index contributed by atoms with van der Waals surface area (Å²) in [5, 5.41) is 15.8. The standard InChI is InChI=1S/C30H34N4O/c1-20(2)30(34-28-12-10-26(18-31)11-13-28)32-15-14-25(7)33-29-23(5)16-27(17-24(29)6)22(4)9-8-21(3)19-35/h8-17,19,33-34H,1-7H3/b21-8+,22-9+,25-14+,32-15-. The molecule has 180 valence electrons. The summed E-state index contributed by atoms with van der Waals surface area (Å²) in [6, 6.07) is 13.7. The summed E-state index contributed by atoms with van der Waals surface area (Å²) in [7, 11) is 0. The molecule has 0 bridgehead atoms. The van der Waals surface area contributed by atoms with Crippen LogP contribution in [-0.2, 0) is 4.79 Å². The Morgan fingerprint density at radius 1 is 0.914 bits per heavy atom. The number of carbonyl (C=O) groups excluding carboxylic acids is 1. The van der Waals surface area contributed by atoms with Crippen LogP contribution in [0, 0.1) is 25.2 Å². The summed E-state index contributed by atoms with van der Waals surface area (Å²) >= 11 is 0. The van der Waals surface area contributed by atoms with Crippen LogP contribution in [0.4, 0.5) is 11.4 Å². The van der Waals surface area contributed by atoms with Crippen LogP contribution in [0.3, 0.4) is 0 Å². The summed E-state index contributed by atoms with van der Waals surface area (Å²) in [5.74, 6) is 0.761. The Hall–Kier alpha value is -4.17. The predicted molar refractivity (Wildman–Crippen MR) is 148 cm³/mol. The van der Waals surface area contributed by atoms with E-state index in [2.05, 4.69) is 47.7 Å². The molecule has 0 aliphatic heterocycles. The number of nitrogens with zero attached hydrogens (tertiary/aromatic N) is 2. The molecule has 0 amide bonds. The van der Waals surface area contributed by atoms with Gasteiger partial charge in [0.05, 0.1) is 11.6 Å². The average Bonchev–Trinajstić information content (AvgIpc) is 2.83. The third-order valence-corrected chi connectivity index (χ3v) is 5.37. The number of nitrogens with one attached hydrogen (secondary N) is 2. The normalized spacial score (nSPS) is 12.3. The lowest BCUT2D eigenvalue weighted by Gasteiger charge is -2.15. The van der Waals surface area contributed by atoms with Crippen LogP contribution in [0.15, 0.2) is 82.3 Å². The Bertz CT molecular complexity index is 1240. The Morgan fingerprint density at radius 2 is 1.54 bits per heavy atom. The van der Waals surface area contributed by atoms with E-state index in [0.29, 0.717) is 11.1 Å². The number of benzene rings is 2. The van der Waals surface area contributed by atoms with Crippen LogP contribution in [0.2, 0.25) is 0 Å². The van der Waals surface area contributed by atoms with Crippen LogP contribution in [-0.4, -0.2) is 12.5 Å². The maximum atomic E-state index is 10.8. The quantitative estimate of drug-likeness (QED) is 0.174. The highest BCUT2D eigenvalue weighted by atomic mass is 16.1. The Morgan fingerprint density at radius 3 is 2.09 bits per heavy atom. The second kappa shape index (κ2) is 12.9. The van der Waals surface area contributed by atoms with E-state index in [1.807, 2.05) is 58.1 Å². The molecule has 0 fully saturated rings. The molecule has 2 aromatic rings. The van der Waals surface area contributed by atoms with Gasteiger partial charge in [0.25, 0.3) is 0 Å². The van der Waals surface area contributed by atoms with Crippen molar-refractivity contribution in [1.82, 2.24) is 0 Å². The number of hydrogen-bond acceptors (Lipinski definition) is 5. The fraction of sp³-hybridized carbons (Fsp3) is 0.233. The van der Waals surface area contributed by atoms with Gasteiger partial charge in [0, 0.05) is 23.3 Å². The average molecular weight is 467 g/mol.